The van der Waals surface area contributed by atoms with Crippen LogP contribution in [0.25, 0.3) is 4.48 Å². The summed E-state index contributed by atoms with van der Waals surface area (Å²) in [4.78, 5) is 4.18. The van der Waals surface area contributed by atoms with Crippen molar-refractivity contribution in [1.82, 2.24) is 4.98 Å². The van der Waals surface area contributed by atoms with Gasteiger partial charge in [0, 0.05) is 21.9 Å². The largest absolute Gasteiger partial charge is 0.261 e. The molecule has 0 spiro atoms. The highest BCUT2D eigenvalue weighted by molar-refractivity contribution is 9.15. The summed E-state index contributed by atoms with van der Waals surface area (Å²) in [6.45, 7) is 4.00. The van der Waals surface area contributed by atoms with Crippen molar-refractivity contribution in [2.75, 3.05) is 0 Å². The van der Waals surface area contributed by atoms with Gasteiger partial charge in [-0.3, -0.25) is 4.98 Å². The summed E-state index contributed by atoms with van der Waals surface area (Å²) >= 11 is 3.46. The number of pyridine rings is 1. The highest BCUT2D eigenvalue weighted by Crippen LogP contribution is 2.22. The van der Waals surface area contributed by atoms with Crippen LogP contribution in [0.5, 0.6) is 0 Å². The van der Waals surface area contributed by atoms with Gasteiger partial charge in [0.1, 0.15) is 0 Å². The number of hydrogen-bond donors (Lipinski definition) is 0. The SMILES string of the molecule is C/C=C(/Br)c1cccnc1C. The molecule has 1 aromatic rings. The van der Waals surface area contributed by atoms with Gasteiger partial charge in [-0.25, -0.2) is 0 Å². The van der Waals surface area contributed by atoms with Crippen molar-refractivity contribution in [2.45, 2.75) is 13.8 Å². The number of rotatable bonds is 1. The molecular formula is C9H10BrN. The number of allylic oxidation sites excluding steroid dienone is 1. The first-order valence-electron chi connectivity index (χ1n) is 3.49. The molecule has 0 unspecified atom stereocenters. The summed E-state index contributed by atoms with van der Waals surface area (Å²) in [5.74, 6) is 0. The first-order valence-corrected chi connectivity index (χ1v) is 4.29. The smallest absolute Gasteiger partial charge is 0.0456 e. The second-order valence-corrected chi connectivity index (χ2v) is 3.13. The summed E-state index contributed by atoms with van der Waals surface area (Å²) in [5.41, 5.74) is 2.22. The first kappa shape index (κ1) is 8.47. The van der Waals surface area contributed by atoms with E-state index in [1.807, 2.05) is 32.1 Å². The predicted octanol–water partition coefficient (Wildman–Crippen LogP) is 3.15. The maximum atomic E-state index is 4.18. The molecule has 0 radical (unpaired) electrons. The summed E-state index contributed by atoms with van der Waals surface area (Å²) in [6, 6.07) is 3.99. The van der Waals surface area contributed by atoms with E-state index in [1.54, 1.807) is 6.20 Å². The zero-order chi connectivity index (χ0) is 8.27. The normalized spacial score (nSPS) is 11.7. The highest BCUT2D eigenvalue weighted by atomic mass is 79.9. The molecule has 0 aromatic carbocycles. The second kappa shape index (κ2) is 3.67. The van der Waals surface area contributed by atoms with Crippen LogP contribution in [0.2, 0.25) is 0 Å². The molecule has 0 N–H and O–H groups in total. The molecule has 0 saturated carbocycles. The minimum Gasteiger partial charge on any atom is -0.261 e. The molecule has 0 aliphatic rings. The van der Waals surface area contributed by atoms with Crippen molar-refractivity contribution in [2.24, 2.45) is 0 Å². The lowest BCUT2D eigenvalue weighted by molar-refractivity contribution is 1.19. The third-order valence-corrected chi connectivity index (χ3v) is 2.40. The van der Waals surface area contributed by atoms with Crippen LogP contribution in [0.3, 0.4) is 0 Å². The predicted molar refractivity (Wildman–Crippen MR) is 51.6 cm³/mol. The summed E-state index contributed by atoms with van der Waals surface area (Å²) in [5, 5.41) is 0. The van der Waals surface area contributed by atoms with Gasteiger partial charge in [0.25, 0.3) is 0 Å². The zero-order valence-electron chi connectivity index (χ0n) is 6.63. The molecule has 1 nitrogen and oxygen atoms in total. The van der Waals surface area contributed by atoms with Crippen LogP contribution in [0.4, 0.5) is 0 Å². The van der Waals surface area contributed by atoms with Gasteiger partial charge in [-0.2, -0.15) is 0 Å². The molecule has 0 aliphatic carbocycles. The number of aryl methyl sites for hydroxylation is 1. The van der Waals surface area contributed by atoms with Crippen LogP contribution in [-0.2, 0) is 0 Å². The van der Waals surface area contributed by atoms with Crippen LogP contribution in [0.1, 0.15) is 18.2 Å². The lowest BCUT2D eigenvalue weighted by Crippen LogP contribution is -1.85. The minimum atomic E-state index is 1.05. The summed E-state index contributed by atoms with van der Waals surface area (Å²) in [6.07, 6.45) is 3.82. The Bertz CT molecular complexity index is 279. The van der Waals surface area contributed by atoms with Gasteiger partial charge in [-0.05, 0) is 19.9 Å². The molecule has 11 heavy (non-hydrogen) atoms. The highest BCUT2D eigenvalue weighted by Gasteiger charge is 1.99. The van der Waals surface area contributed by atoms with E-state index in [-0.39, 0.29) is 0 Å². The fraction of sp³-hybridized carbons (Fsp3) is 0.222. The van der Waals surface area contributed by atoms with Gasteiger partial charge in [0.15, 0.2) is 0 Å². The Morgan fingerprint density at radius 3 is 2.91 bits per heavy atom. The number of aromatic nitrogens is 1. The quantitative estimate of drug-likeness (QED) is 0.696. The molecule has 0 fully saturated rings. The number of halogens is 1. The number of hydrogen-bond acceptors (Lipinski definition) is 1. The van der Waals surface area contributed by atoms with Gasteiger partial charge < -0.3 is 0 Å². The monoisotopic (exact) mass is 211 g/mol. The van der Waals surface area contributed by atoms with Crippen molar-refractivity contribution < 1.29 is 0 Å². The molecule has 1 rings (SSSR count). The van der Waals surface area contributed by atoms with Crippen LogP contribution in [-0.4, -0.2) is 4.98 Å². The van der Waals surface area contributed by atoms with Crippen molar-refractivity contribution in [3.05, 3.63) is 35.7 Å². The van der Waals surface area contributed by atoms with Crippen molar-refractivity contribution in [3.63, 3.8) is 0 Å². The second-order valence-electron chi connectivity index (χ2n) is 2.27. The van der Waals surface area contributed by atoms with E-state index in [4.69, 9.17) is 0 Å². The molecule has 0 saturated heterocycles. The van der Waals surface area contributed by atoms with E-state index in [2.05, 4.69) is 20.9 Å². The van der Waals surface area contributed by atoms with Gasteiger partial charge >= 0.3 is 0 Å². The molecule has 1 aromatic heterocycles. The molecule has 0 amide bonds. The Balaban J connectivity index is 3.14. The van der Waals surface area contributed by atoms with Crippen molar-refractivity contribution in [3.8, 4) is 0 Å². The first-order chi connectivity index (χ1) is 5.25. The standard InChI is InChI=1S/C9H10BrN/c1-3-9(10)8-5-4-6-11-7(8)2/h3-6H,1-2H3/b9-3+. The third-order valence-electron chi connectivity index (χ3n) is 1.52. The van der Waals surface area contributed by atoms with Crippen LogP contribution >= 0.6 is 15.9 Å². The molecule has 58 valence electrons. The maximum absolute atomic E-state index is 4.18. The van der Waals surface area contributed by atoms with E-state index < -0.39 is 0 Å². The van der Waals surface area contributed by atoms with Crippen LogP contribution in [0.15, 0.2) is 24.4 Å². The Hall–Kier alpha value is -0.630. The third kappa shape index (κ3) is 1.90. The average molecular weight is 212 g/mol. The minimum absolute atomic E-state index is 1.05. The Morgan fingerprint density at radius 1 is 1.64 bits per heavy atom. The van der Waals surface area contributed by atoms with Gasteiger partial charge in [-0.15, -0.1) is 0 Å². The molecule has 0 atom stereocenters. The fourth-order valence-corrected chi connectivity index (χ4v) is 1.31. The number of nitrogens with zero attached hydrogens (tertiary/aromatic N) is 1. The topological polar surface area (TPSA) is 12.9 Å². The molecular weight excluding hydrogens is 202 g/mol. The molecule has 0 bridgehead atoms. The van der Waals surface area contributed by atoms with Crippen LogP contribution in [0, 0.1) is 6.92 Å². The van der Waals surface area contributed by atoms with Crippen molar-refractivity contribution >= 4 is 20.4 Å². The molecule has 2 heteroatoms. The average Bonchev–Trinajstić information content (AvgIpc) is 2.04. The van der Waals surface area contributed by atoms with Crippen LogP contribution < -0.4 is 0 Å². The fourth-order valence-electron chi connectivity index (χ4n) is 0.892. The molecule has 0 aliphatic heterocycles. The van der Waals surface area contributed by atoms with E-state index in [1.165, 1.54) is 0 Å². The Labute approximate surface area is 75.3 Å². The Morgan fingerprint density at radius 2 is 2.36 bits per heavy atom. The maximum Gasteiger partial charge on any atom is 0.0456 e. The van der Waals surface area contributed by atoms with E-state index in [0.717, 1.165) is 15.7 Å². The van der Waals surface area contributed by atoms with E-state index >= 15 is 0 Å². The van der Waals surface area contributed by atoms with Gasteiger partial charge in [-0.1, -0.05) is 28.1 Å². The molecule has 1 heterocycles. The van der Waals surface area contributed by atoms with Gasteiger partial charge in [0.2, 0.25) is 0 Å². The summed E-state index contributed by atoms with van der Waals surface area (Å²) in [7, 11) is 0. The van der Waals surface area contributed by atoms with Crippen molar-refractivity contribution in [1.29, 1.82) is 0 Å². The lowest BCUT2D eigenvalue weighted by Gasteiger charge is -2.00. The zero-order valence-corrected chi connectivity index (χ0v) is 8.22. The van der Waals surface area contributed by atoms with E-state index in [0.29, 0.717) is 0 Å². The van der Waals surface area contributed by atoms with Gasteiger partial charge in [0.05, 0.1) is 0 Å². The summed E-state index contributed by atoms with van der Waals surface area (Å²) < 4.78 is 1.10. The van der Waals surface area contributed by atoms with E-state index in [9.17, 15) is 0 Å². The Kier molecular flexibility index (Phi) is 2.83. The lowest BCUT2D eigenvalue weighted by atomic mass is 10.2.